The van der Waals surface area contributed by atoms with Crippen LogP contribution in [0.1, 0.15) is 12.8 Å². The molecule has 64 valence electrons. The second kappa shape index (κ2) is 3.35. The molecule has 1 rings (SSSR count). The van der Waals surface area contributed by atoms with E-state index >= 15 is 0 Å². The molecule has 1 aliphatic rings. The SMILES string of the molecule is C#CCC(F)C1CC(=O)OC1=O. The molecule has 0 saturated carbocycles. The van der Waals surface area contributed by atoms with Gasteiger partial charge in [0, 0.05) is 6.42 Å². The Morgan fingerprint density at radius 2 is 2.42 bits per heavy atom. The van der Waals surface area contributed by atoms with Gasteiger partial charge in [0.2, 0.25) is 0 Å². The van der Waals surface area contributed by atoms with Crippen molar-refractivity contribution in [3.8, 4) is 12.3 Å². The Bertz CT molecular complexity index is 254. The molecular formula is C8H7FO3. The first-order chi connectivity index (χ1) is 5.65. The molecule has 0 aromatic heterocycles. The van der Waals surface area contributed by atoms with Crippen LogP contribution in [-0.4, -0.2) is 18.1 Å². The molecule has 0 aromatic carbocycles. The van der Waals surface area contributed by atoms with E-state index in [9.17, 15) is 14.0 Å². The van der Waals surface area contributed by atoms with Crippen LogP contribution in [0.2, 0.25) is 0 Å². The lowest BCUT2D eigenvalue weighted by atomic mass is 10.00. The molecule has 0 aliphatic carbocycles. The summed E-state index contributed by atoms with van der Waals surface area (Å²) in [5.41, 5.74) is 0. The Labute approximate surface area is 68.9 Å². The normalized spacial score (nSPS) is 24.8. The van der Waals surface area contributed by atoms with Crippen molar-refractivity contribution in [2.75, 3.05) is 0 Å². The molecule has 0 bridgehead atoms. The molecule has 12 heavy (non-hydrogen) atoms. The lowest BCUT2D eigenvalue weighted by molar-refractivity contribution is -0.153. The Balaban J connectivity index is 2.59. The lowest BCUT2D eigenvalue weighted by Crippen LogP contribution is -2.20. The van der Waals surface area contributed by atoms with Gasteiger partial charge in [-0.2, -0.15) is 0 Å². The first kappa shape index (κ1) is 8.72. The third-order valence-corrected chi connectivity index (χ3v) is 1.65. The molecule has 0 spiro atoms. The molecule has 0 aromatic rings. The van der Waals surface area contributed by atoms with E-state index < -0.39 is 24.0 Å². The third kappa shape index (κ3) is 1.62. The average molecular weight is 170 g/mol. The highest BCUT2D eigenvalue weighted by atomic mass is 19.1. The maximum Gasteiger partial charge on any atom is 0.320 e. The molecule has 3 nitrogen and oxygen atoms in total. The maximum absolute atomic E-state index is 12.9. The molecule has 1 fully saturated rings. The van der Waals surface area contributed by atoms with Crippen LogP contribution in [-0.2, 0) is 14.3 Å². The van der Waals surface area contributed by atoms with Gasteiger partial charge in [0.1, 0.15) is 6.17 Å². The van der Waals surface area contributed by atoms with Crippen molar-refractivity contribution in [3.05, 3.63) is 0 Å². The zero-order chi connectivity index (χ0) is 9.14. The number of ether oxygens (including phenoxy) is 1. The quantitative estimate of drug-likeness (QED) is 0.343. The van der Waals surface area contributed by atoms with Crippen LogP contribution < -0.4 is 0 Å². The van der Waals surface area contributed by atoms with E-state index in [0.717, 1.165) is 0 Å². The number of terminal acetylenes is 1. The van der Waals surface area contributed by atoms with Crippen molar-refractivity contribution in [2.24, 2.45) is 5.92 Å². The van der Waals surface area contributed by atoms with Crippen molar-refractivity contribution in [1.29, 1.82) is 0 Å². The van der Waals surface area contributed by atoms with Gasteiger partial charge in [-0.15, -0.1) is 12.3 Å². The summed E-state index contributed by atoms with van der Waals surface area (Å²) in [5.74, 6) is -0.386. The van der Waals surface area contributed by atoms with E-state index in [0.29, 0.717) is 0 Å². The van der Waals surface area contributed by atoms with Crippen LogP contribution in [0.5, 0.6) is 0 Å². The van der Waals surface area contributed by atoms with Crippen molar-refractivity contribution < 1.29 is 18.7 Å². The Hall–Kier alpha value is -1.37. The lowest BCUT2D eigenvalue weighted by Gasteiger charge is -2.06. The summed E-state index contributed by atoms with van der Waals surface area (Å²) in [6.45, 7) is 0. The van der Waals surface area contributed by atoms with E-state index in [4.69, 9.17) is 6.42 Å². The number of hydrogen-bond donors (Lipinski definition) is 0. The molecule has 0 radical (unpaired) electrons. The van der Waals surface area contributed by atoms with E-state index in [1.165, 1.54) is 0 Å². The predicted molar refractivity (Wildman–Crippen MR) is 37.6 cm³/mol. The van der Waals surface area contributed by atoms with Crippen molar-refractivity contribution in [3.63, 3.8) is 0 Å². The molecule has 2 unspecified atom stereocenters. The van der Waals surface area contributed by atoms with Crippen LogP contribution in [0, 0.1) is 18.3 Å². The fourth-order valence-electron chi connectivity index (χ4n) is 1.02. The highest BCUT2D eigenvalue weighted by molar-refractivity contribution is 5.94. The van der Waals surface area contributed by atoms with Gasteiger partial charge in [0.05, 0.1) is 12.3 Å². The number of carbonyl (C=O) groups is 2. The topological polar surface area (TPSA) is 43.4 Å². The van der Waals surface area contributed by atoms with Crippen molar-refractivity contribution >= 4 is 11.9 Å². The van der Waals surface area contributed by atoms with E-state index in [1.807, 2.05) is 0 Å². The summed E-state index contributed by atoms with van der Waals surface area (Å²) in [6.07, 6.45) is 3.03. The number of alkyl halides is 1. The minimum atomic E-state index is -1.46. The average Bonchev–Trinajstić information content (AvgIpc) is 2.30. The Morgan fingerprint density at radius 3 is 2.83 bits per heavy atom. The number of carbonyl (C=O) groups excluding carboxylic acids is 2. The number of cyclic esters (lactones) is 2. The van der Waals surface area contributed by atoms with E-state index in [2.05, 4.69) is 10.7 Å². The van der Waals surface area contributed by atoms with Gasteiger partial charge in [-0.1, -0.05) is 0 Å². The Morgan fingerprint density at radius 1 is 1.75 bits per heavy atom. The van der Waals surface area contributed by atoms with Crippen LogP contribution in [0.3, 0.4) is 0 Å². The monoisotopic (exact) mass is 170 g/mol. The molecule has 1 aliphatic heterocycles. The summed E-state index contributed by atoms with van der Waals surface area (Å²) >= 11 is 0. The van der Waals surface area contributed by atoms with E-state index in [-0.39, 0.29) is 12.8 Å². The Kier molecular flexibility index (Phi) is 2.44. The molecule has 1 saturated heterocycles. The van der Waals surface area contributed by atoms with Crippen LogP contribution in [0.4, 0.5) is 4.39 Å². The molecule has 0 N–H and O–H groups in total. The molecule has 0 amide bonds. The maximum atomic E-state index is 12.9. The van der Waals surface area contributed by atoms with Crippen LogP contribution in [0.15, 0.2) is 0 Å². The van der Waals surface area contributed by atoms with Crippen molar-refractivity contribution in [1.82, 2.24) is 0 Å². The molecule has 4 heteroatoms. The zero-order valence-electron chi connectivity index (χ0n) is 6.25. The number of halogens is 1. The van der Waals surface area contributed by atoms with Crippen LogP contribution >= 0.6 is 0 Å². The number of hydrogen-bond acceptors (Lipinski definition) is 3. The smallest absolute Gasteiger partial charge is 0.320 e. The second-order valence-electron chi connectivity index (χ2n) is 2.53. The first-order valence-corrected chi connectivity index (χ1v) is 3.47. The van der Waals surface area contributed by atoms with Gasteiger partial charge in [-0.3, -0.25) is 9.59 Å². The van der Waals surface area contributed by atoms with Gasteiger partial charge in [0.25, 0.3) is 0 Å². The minimum Gasteiger partial charge on any atom is -0.393 e. The van der Waals surface area contributed by atoms with E-state index in [1.54, 1.807) is 0 Å². The predicted octanol–water partition coefficient (Wildman–Crippen LogP) is 0.438. The number of rotatable bonds is 2. The summed E-state index contributed by atoms with van der Waals surface area (Å²) in [5, 5.41) is 0. The fourth-order valence-corrected chi connectivity index (χ4v) is 1.02. The first-order valence-electron chi connectivity index (χ1n) is 3.47. The van der Waals surface area contributed by atoms with Crippen molar-refractivity contribution in [2.45, 2.75) is 19.0 Å². The molecule has 2 atom stereocenters. The van der Waals surface area contributed by atoms with Gasteiger partial charge in [-0.05, 0) is 0 Å². The third-order valence-electron chi connectivity index (χ3n) is 1.65. The largest absolute Gasteiger partial charge is 0.393 e. The molecule has 1 heterocycles. The fraction of sp³-hybridized carbons (Fsp3) is 0.500. The highest BCUT2D eigenvalue weighted by Crippen LogP contribution is 2.23. The van der Waals surface area contributed by atoms with Crippen LogP contribution in [0.25, 0.3) is 0 Å². The summed E-state index contributed by atoms with van der Waals surface area (Å²) in [7, 11) is 0. The zero-order valence-corrected chi connectivity index (χ0v) is 6.25. The van der Waals surface area contributed by atoms with Gasteiger partial charge in [0.15, 0.2) is 0 Å². The summed E-state index contributed by atoms with van der Waals surface area (Å²) in [6, 6.07) is 0. The number of esters is 2. The van der Waals surface area contributed by atoms with Gasteiger partial charge < -0.3 is 4.74 Å². The molecular weight excluding hydrogens is 163 g/mol. The van der Waals surface area contributed by atoms with Gasteiger partial charge >= 0.3 is 11.9 Å². The van der Waals surface area contributed by atoms with Gasteiger partial charge in [-0.25, -0.2) is 4.39 Å². The highest BCUT2D eigenvalue weighted by Gasteiger charge is 2.39. The standard InChI is InChI=1S/C8H7FO3/c1-2-3-6(9)5-4-7(10)12-8(5)11/h1,5-6H,3-4H2. The second-order valence-corrected chi connectivity index (χ2v) is 2.53. The summed E-state index contributed by atoms with van der Waals surface area (Å²) in [4.78, 5) is 21.3. The summed E-state index contributed by atoms with van der Waals surface area (Å²) < 4.78 is 17.1. The minimum absolute atomic E-state index is 0.160.